The molecule has 0 aliphatic heterocycles. The summed E-state index contributed by atoms with van der Waals surface area (Å²) >= 11 is 0. The van der Waals surface area contributed by atoms with E-state index in [1.165, 1.54) is 0 Å². The predicted molar refractivity (Wildman–Crippen MR) is 83.4 cm³/mol. The van der Waals surface area contributed by atoms with Crippen molar-refractivity contribution in [2.45, 2.75) is 27.7 Å². The van der Waals surface area contributed by atoms with Crippen LogP contribution in [0.2, 0.25) is 0 Å². The maximum Gasteiger partial charge on any atom is 0.0773 e. The summed E-state index contributed by atoms with van der Waals surface area (Å²) in [7, 11) is 0. The van der Waals surface area contributed by atoms with Crippen LogP contribution in [0.25, 0.3) is 0 Å². The van der Waals surface area contributed by atoms with E-state index >= 15 is 0 Å². The largest absolute Gasteiger partial charge is 0.248 e. The number of benzene rings is 1. The molecule has 0 unspecified atom stereocenters. The summed E-state index contributed by atoms with van der Waals surface area (Å²) in [5.41, 5.74) is 1.73. The maximum atomic E-state index is 4.27. The van der Waals surface area contributed by atoms with E-state index in [0.29, 0.717) is 0 Å². The Bertz CT molecular complexity index is 577. The highest BCUT2D eigenvalue weighted by Crippen LogP contribution is 2.17. The Labute approximate surface area is 115 Å². The zero-order valence-corrected chi connectivity index (χ0v) is 11.9. The molecule has 0 aliphatic rings. The molecule has 0 saturated carbocycles. The van der Waals surface area contributed by atoms with Gasteiger partial charge in [-0.15, -0.1) is 5.92 Å². The normalized spacial score (nSPS) is 10.9. The third kappa shape index (κ3) is 6.86. The summed E-state index contributed by atoms with van der Waals surface area (Å²) < 4.78 is 0. The van der Waals surface area contributed by atoms with Gasteiger partial charge in [0.2, 0.25) is 0 Å². The van der Waals surface area contributed by atoms with Gasteiger partial charge >= 0.3 is 0 Å². The van der Waals surface area contributed by atoms with Gasteiger partial charge in [0.25, 0.3) is 0 Å². The third-order valence-corrected chi connectivity index (χ3v) is 2.00. The Morgan fingerprint density at radius 3 is 1.79 bits per heavy atom. The quantitative estimate of drug-likeness (QED) is 0.556. The molecule has 0 aliphatic carbocycles. The molecule has 2 nitrogen and oxygen atoms in total. The summed E-state index contributed by atoms with van der Waals surface area (Å²) in [5, 5.41) is 0. The fraction of sp³-hybridized carbons (Fsp3) is 0.294. The van der Waals surface area contributed by atoms with Crippen LogP contribution in [-0.2, 0) is 0 Å². The standard InChI is InChI=1S/C17H18N2/c1-5-6-13-18-15-8-10-16(11-9-15)19-14-7-12-17(2,3)4/h8-11,13-14H,1-4H3. The molecule has 0 aromatic heterocycles. The molecule has 1 aromatic rings. The summed E-state index contributed by atoms with van der Waals surface area (Å²) in [4.78, 5) is 8.46. The first-order valence-electron chi connectivity index (χ1n) is 6.11. The fourth-order valence-electron chi connectivity index (χ4n) is 1.15. The molecule has 2 heteroatoms. The molecule has 0 spiro atoms. The summed E-state index contributed by atoms with van der Waals surface area (Å²) in [6.07, 6.45) is 3.22. The second-order valence-electron chi connectivity index (χ2n) is 4.95. The predicted octanol–water partition coefficient (Wildman–Crippen LogP) is 4.16. The van der Waals surface area contributed by atoms with E-state index < -0.39 is 0 Å². The van der Waals surface area contributed by atoms with Crippen LogP contribution < -0.4 is 0 Å². The van der Waals surface area contributed by atoms with Crippen LogP contribution in [0.5, 0.6) is 0 Å². The topological polar surface area (TPSA) is 24.7 Å². The molecule has 19 heavy (non-hydrogen) atoms. The molecule has 0 heterocycles. The smallest absolute Gasteiger partial charge is 0.0773 e. The van der Waals surface area contributed by atoms with Crippen molar-refractivity contribution in [3.63, 3.8) is 0 Å². The molecule has 0 saturated heterocycles. The first kappa shape index (κ1) is 14.7. The highest BCUT2D eigenvalue weighted by Gasteiger charge is 2.02. The molecule has 0 radical (unpaired) electrons. The van der Waals surface area contributed by atoms with Gasteiger partial charge in [-0.3, -0.25) is 0 Å². The van der Waals surface area contributed by atoms with Crippen molar-refractivity contribution < 1.29 is 0 Å². The van der Waals surface area contributed by atoms with Gasteiger partial charge in [0.15, 0.2) is 0 Å². The van der Waals surface area contributed by atoms with Crippen molar-refractivity contribution in [2.75, 3.05) is 0 Å². The zero-order valence-electron chi connectivity index (χ0n) is 11.9. The summed E-state index contributed by atoms with van der Waals surface area (Å²) in [5.74, 6) is 11.6. The summed E-state index contributed by atoms with van der Waals surface area (Å²) in [6, 6.07) is 7.61. The highest BCUT2D eigenvalue weighted by molar-refractivity contribution is 5.82. The number of nitrogens with zero attached hydrogens (tertiary/aromatic N) is 2. The average Bonchev–Trinajstić information content (AvgIpc) is 2.36. The van der Waals surface area contributed by atoms with Crippen LogP contribution in [0.4, 0.5) is 11.4 Å². The minimum atomic E-state index is 0.00487. The molecule has 0 N–H and O–H groups in total. The van der Waals surface area contributed by atoms with E-state index in [0.717, 1.165) is 11.4 Å². The van der Waals surface area contributed by atoms with Crippen LogP contribution in [0.3, 0.4) is 0 Å². The van der Waals surface area contributed by atoms with Crippen molar-refractivity contribution in [3.8, 4) is 23.7 Å². The minimum absolute atomic E-state index is 0.00487. The highest BCUT2D eigenvalue weighted by atomic mass is 14.7. The Kier molecular flexibility index (Phi) is 5.58. The van der Waals surface area contributed by atoms with Gasteiger partial charge in [-0.2, -0.15) is 0 Å². The van der Waals surface area contributed by atoms with E-state index in [-0.39, 0.29) is 5.41 Å². The van der Waals surface area contributed by atoms with E-state index in [9.17, 15) is 0 Å². The Hall–Kier alpha value is -2.32. The lowest BCUT2D eigenvalue weighted by atomic mass is 9.98. The van der Waals surface area contributed by atoms with Crippen LogP contribution in [0.1, 0.15) is 27.7 Å². The first-order valence-corrected chi connectivity index (χ1v) is 6.11. The number of hydrogen-bond donors (Lipinski definition) is 0. The van der Waals surface area contributed by atoms with Crippen LogP contribution >= 0.6 is 0 Å². The number of hydrogen-bond acceptors (Lipinski definition) is 2. The van der Waals surface area contributed by atoms with Gasteiger partial charge in [-0.05, 0) is 52.0 Å². The SMILES string of the molecule is CC#CC=Nc1ccc(N=CC#CC(C)(C)C)cc1. The lowest BCUT2D eigenvalue weighted by Gasteiger charge is -2.05. The Morgan fingerprint density at radius 2 is 1.37 bits per heavy atom. The van der Waals surface area contributed by atoms with Crippen LogP contribution in [-0.4, -0.2) is 12.4 Å². The van der Waals surface area contributed by atoms with Crippen molar-refractivity contribution in [1.29, 1.82) is 0 Å². The van der Waals surface area contributed by atoms with E-state index in [4.69, 9.17) is 0 Å². The zero-order chi connectivity index (χ0) is 14.1. The van der Waals surface area contributed by atoms with Gasteiger partial charge in [0.1, 0.15) is 0 Å². The Morgan fingerprint density at radius 1 is 0.895 bits per heavy atom. The van der Waals surface area contributed by atoms with Gasteiger partial charge < -0.3 is 0 Å². The van der Waals surface area contributed by atoms with Gasteiger partial charge in [0, 0.05) is 5.41 Å². The fourth-order valence-corrected chi connectivity index (χ4v) is 1.15. The van der Waals surface area contributed by atoms with Gasteiger partial charge in [-0.1, -0.05) is 17.8 Å². The lowest BCUT2D eigenvalue weighted by Crippen LogP contribution is -1.99. The number of rotatable bonds is 2. The molecule has 1 rings (SSSR count). The van der Waals surface area contributed by atoms with E-state index in [1.54, 1.807) is 19.4 Å². The minimum Gasteiger partial charge on any atom is -0.248 e. The van der Waals surface area contributed by atoms with E-state index in [2.05, 4.69) is 54.4 Å². The molecular formula is C17H18N2. The molecule has 0 amide bonds. The molecular weight excluding hydrogens is 232 g/mol. The molecule has 0 fully saturated rings. The van der Waals surface area contributed by atoms with Crippen LogP contribution in [0.15, 0.2) is 34.3 Å². The molecule has 0 bridgehead atoms. The van der Waals surface area contributed by atoms with Gasteiger partial charge in [0.05, 0.1) is 23.8 Å². The monoisotopic (exact) mass is 250 g/mol. The molecule has 1 aromatic carbocycles. The second-order valence-corrected chi connectivity index (χ2v) is 4.95. The molecule has 0 atom stereocenters. The Balaban J connectivity index is 2.68. The number of aliphatic imine (C=N–C) groups is 2. The second kappa shape index (κ2) is 7.19. The lowest BCUT2D eigenvalue weighted by molar-refractivity contribution is 0.571. The van der Waals surface area contributed by atoms with Crippen molar-refractivity contribution in [3.05, 3.63) is 24.3 Å². The first-order chi connectivity index (χ1) is 9.01. The van der Waals surface area contributed by atoms with Gasteiger partial charge in [-0.25, -0.2) is 9.98 Å². The van der Waals surface area contributed by atoms with Crippen molar-refractivity contribution in [1.82, 2.24) is 0 Å². The van der Waals surface area contributed by atoms with E-state index in [1.807, 2.05) is 24.3 Å². The van der Waals surface area contributed by atoms with Crippen molar-refractivity contribution in [2.24, 2.45) is 15.4 Å². The summed E-state index contributed by atoms with van der Waals surface area (Å²) in [6.45, 7) is 7.99. The van der Waals surface area contributed by atoms with Crippen molar-refractivity contribution >= 4 is 23.8 Å². The molecule has 96 valence electrons. The van der Waals surface area contributed by atoms with Crippen LogP contribution in [0, 0.1) is 29.1 Å². The maximum absolute atomic E-state index is 4.27. The third-order valence-electron chi connectivity index (χ3n) is 2.00. The average molecular weight is 250 g/mol.